The molecule has 1 atom stereocenters. The summed E-state index contributed by atoms with van der Waals surface area (Å²) in [4.78, 5) is 30.9. The molecule has 9 heteroatoms. The van der Waals surface area contributed by atoms with Crippen molar-refractivity contribution in [3.05, 3.63) is 88.2 Å². The Balaban J connectivity index is 1.74. The van der Waals surface area contributed by atoms with E-state index < -0.39 is 11.9 Å². The van der Waals surface area contributed by atoms with Crippen LogP contribution in [0.4, 0.5) is 11.4 Å². The highest BCUT2D eigenvalue weighted by Crippen LogP contribution is 2.36. The number of nitrogens with zero attached hydrogens (tertiary/aromatic N) is 3. The van der Waals surface area contributed by atoms with Crippen molar-refractivity contribution in [2.24, 2.45) is 5.84 Å². The minimum Gasteiger partial charge on any atom is -0.481 e. The molecule has 0 saturated carbocycles. The zero-order valence-corrected chi connectivity index (χ0v) is 21.2. The molecule has 194 valence electrons. The quantitative estimate of drug-likeness (QED) is 0.357. The number of aliphatic carboxylic acids is 1. The zero-order valence-electron chi connectivity index (χ0n) is 21.2. The summed E-state index contributed by atoms with van der Waals surface area (Å²) in [6.07, 6.45) is 2.23. The van der Waals surface area contributed by atoms with E-state index in [1.54, 1.807) is 35.3 Å². The Kier molecular flexibility index (Phi) is 8.05. The van der Waals surface area contributed by atoms with Crippen molar-refractivity contribution in [3.8, 4) is 0 Å². The lowest BCUT2D eigenvalue weighted by Crippen LogP contribution is -2.33. The van der Waals surface area contributed by atoms with Gasteiger partial charge in [-0.3, -0.25) is 14.6 Å². The number of amides is 1. The SMILES string of the molecule is Cc1c2ccc(c1N)N(N)CCCOCc1ccc(cc1)C(=O)N(C)Cc1cc(ccn1)[C@@H]2CC(=O)O. The predicted octanol–water partition coefficient (Wildman–Crippen LogP) is 3.45. The fourth-order valence-electron chi connectivity index (χ4n) is 4.67. The number of pyridine rings is 1. The summed E-state index contributed by atoms with van der Waals surface area (Å²) < 4.78 is 5.80. The van der Waals surface area contributed by atoms with E-state index >= 15 is 0 Å². The Bertz CT molecular complexity index is 1280. The average Bonchev–Trinajstić information content (AvgIpc) is 2.88. The zero-order chi connectivity index (χ0) is 26.5. The van der Waals surface area contributed by atoms with Crippen LogP contribution in [0.5, 0.6) is 0 Å². The molecule has 1 aromatic heterocycles. The summed E-state index contributed by atoms with van der Waals surface area (Å²) in [6.45, 7) is 3.65. The molecule has 7 rings (SSSR count). The van der Waals surface area contributed by atoms with E-state index in [0.717, 1.165) is 22.3 Å². The van der Waals surface area contributed by atoms with Gasteiger partial charge >= 0.3 is 5.97 Å². The molecule has 37 heavy (non-hydrogen) atoms. The second-order valence-corrected chi connectivity index (χ2v) is 9.40. The molecule has 0 fully saturated rings. The van der Waals surface area contributed by atoms with Crippen LogP contribution in [-0.2, 0) is 22.7 Å². The third kappa shape index (κ3) is 6.07. The first-order chi connectivity index (χ1) is 17.7. The molecule has 4 aliphatic rings. The standard InChI is InChI=1S/C28H33N5O4/c1-18-23-8-9-25(27(18)29)33(30)12-3-13-37-17-19-4-6-20(7-5-19)28(36)32(2)16-22-14-21(10-11-31-22)24(23)15-26(34)35/h4-11,14,24H,3,12-13,15-17,29-30H2,1-2H3,(H,34,35)/t24-/m0/s1. The number of anilines is 2. The van der Waals surface area contributed by atoms with E-state index in [9.17, 15) is 14.7 Å². The van der Waals surface area contributed by atoms with Gasteiger partial charge < -0.3 is 25.5 Å². The number of nitrogens with two attached hydrogens (primary N) is 2. The molecule has 2 aromatic carbocycles. The number of ether oxygens (including phenoxy) is 1. The van der Waals surface area contributed by atoms with E-state index in [0.29, 0.717) is 48.8 Å². The largest absolute Gasteiger partial charge is 0.481 e. The van der Waals surface area contributed by atoms with Crippen molar-refractivity contribution in [3.63, 3.8) is 0 Å². The van der Waals surface area contributed by atoms with E-state index in [4.69, 9.17) is 16.3 Å². The lowest BCUT2D eigenvalue weighted by atomic mass is 9.85. The highest BCUT2D eigenvalue weighted by molar-refractivity contribution is 5.94. The van der Waals surface area contributed by atoms with E-state index in [2.05, 4.69) is 4.98 Å². The first kappa shape index (κ1) is 26.1. The fraction of sp³-hybridized carbons (Fsp3) is 0.321. The monoisotopic (exact) mass is 503 g/mol. The summed E-state index contributed by atoms with van der Waals surface area (Å²) in [6, 6.07) is 14.8. The highest BCUT2D eigenvalue weighted by atomic mass is 16.5. The molecule has 0 spiro atoms. The summed E-state index contributed by atoms with van der Waals surface area (Å²) in [7, 11) is 1.72. The molecule has 9 nitrogen and oxygen atoms in total. The van der Waals surface area contributed by atoms with Crippen LogP contribution in [0.2, 0.25) is 0 Å². The second-order valence-electron chi connectivity index (χ2n) is 9.40. The molecule has 5 heterocycles. The molecule has 3 aromatic rings. The molecule has 4 aliphatic heterocycles. The number of carbonyl (C=O) groups excluding carboxylic acids is 1. The Morgan fingerprint density at radius 3 is 2.68 bits per heavy atom. The van der Waals surface area contributed by atoms with Crippen molar-refractivity contribution in [2.45, 2.75) is 38.8 Å². The number of carbonyl (C=O) groups is 2. The summed E-state index contributed by atoms with van der Waals surface area (Å²) in [5.41, 5.74) is 12.3. The van der Waals surface area contributed by atoms with Crippen molar-refractivity contribution < 1.29 is 19.4 Å². The summed E-state index contributed by atoms with van der Waals surface area (Å²) in [5, 5.41) is 11.3. The molecular formula is C28H33N5O4. The molecule has 1 amide bonds. The third-order valence-electron chi connectivity index (χ3n) is 6.74. The maximum Gasteiger partial charge on any atom is 0.304 e. The molecular weight excluding hydrogens is 470 g/mol. The minimum absolute atomic E-state index is 0.117. The van der Waals surface area contributed by atoms with Crippen LogP contribution in [0, 0.1) is 6.92 Å². The summed E-state index contributed by atoms with van der Waals surface area (Å²) in [5.74, 6) is 4.82. The number of aromatic nitrogens is 1. The van der Waals surface area contributed by atoms with Gasteiger partial charge in [0.25, 0.3) is 5.91 Å². The van der Waals surface area contributed by atoms with Crippen molar-refractivity contribution >= 4 is 23.3 Å². The molecule has 0 saturated heterocycles. The van der Waals surface area contributed by atoms with Gasteiger partial charge in [-0.15, -0.1) is 0 Å². The number of carboxylic acid groups (broad SMARTS) is 1. The van der Waals surface area contributed by atoms with Crippen LogP contribution in [-0.4, -0.2) is 47.1 Å². The van der Waals surface area contributed by atoms with Crippen molar-refractivity contribution in [1.82, 2.24) is 9.88 Å². The Labute approximate surface area is 216 Å². The lowest BCUT2D eigenvalue weighted by Gasteiger charge is -2.25. The normalized spacial score (nSPS) is 17.1. The van der Waals surface area contributed by atoms with Gasteiger partial charge in [-0.2, -0.15) is 0 Å². The van der Waals surface area contributed by atoms with Crippen molar-refractivity contribution in [2.75, 3.05) is 30.9 Å². The van der Waals surface area contributed by atoms with Crippen LogP contribution in [0.25, 0.3) is 0 Å². The second kappa shape index (κ2) is 11.4. The molecule has 6 bridgehead atoms. The van der Waals surface area contributed by atoms with Gasteiger partial charge in [0.2, 0.25) is 0 Å². The van der Waals surface area contributed by atoms with Gasteiger partial charge in [0, 0.05) is 37.9 Å². The van der Waals surface area contributed by atoms with Gasteiger partial charge in [-0.1, -0.05) is 18.2 Å². The molecule has 5 N–H and O–H groups in total. The van der Waals surface area contributed by atoms with Gasteiger partial charge in [0.15, 0.2) is 0 Å². The number of rotatable bonds is 2. The Morgan fingerprint density at radius 2 is 1.95 bits per heavy atom. The Morgan fingerprint density at radius 1 is 1.19 bits per heavy atom. The first-order valence-electron chi connectivity index (χ1n) is 12.2. The van der Waals surface area contributed by atoms with E-state index in [1.807, 2.05) is 43.3 Å². The third-order valence-corrected chi connectivity index (χ3v) is 6.74. The highest BCUT2D eigenvalue weighted by Gasteiger charge is 2.23. The molecule has 0 unspecified atom stereocenters. The summed E-state index contributed by atoms with van der Waals surface area (Å²) >= 11 is 0. The van der Waals surface area contributed by atoms with Gasteiger partial charge in [-0.05, 0) is 65.9 Å². The minimum atomic E-state index is -0.924. The van der Waals surface area contributed by atoms with Gasteiger partial charge in [0.05, 0.1) is 36.6 Å². The first-order valence-corrected chi connectivity index (χ1v) is 12.2. The van der Waals surface area contributed by atoms with Crippen LogP contribution in [0.15, 0.2) is 54.7 Å². The van der Waals surface area contributed by atoms with Gasteiger partial charge in [0.1, 0.15) is 0 Å². The number of hydrogen-bond acceptors (Lipinski definition) is 7. The smallest absolute Gasteiger partial charge is 0.304 e. The van der Waals surface area contributed by atoms with E-state index in [-0.39, 0.29) is 18.9 Å². The number of nitrogen functional groups attached to an aromatic ring is 1. The van der Waals surface area contributed by atoms with Crippen LogP contribution in [0.3, 0.4) is 0 Å². The van der Waals surface area contributed by atoms with E-state index in [1.165, 1.54) is 0 Å². The number of hydrogen-bond donors (Lipinski definition) is 3. The number of benzene rings is 2. The van der Waals surface area contributed by atoms with Crippen LogP contribution in [0.1, 0.15) is 57.1 Å². The number of carboxylic acids is 1. The fourth-order valence-corrected chi connectivity index (χ4v) is 4.67. The molecule has 0 aliphatic carbocycles. The maximum absolute atomic E-state index is 13.0. The maximum atomic E-state index is 13.0. The predicted molar refractivity (Wildman–Crippen MR) is 142 cm³/mol. The lowest BCUT2D eigenvalue weighted by molar-refractivity contribution is -0.137. The van der Waals surface area contributed by atoms with Crippen LogP contribution < -0.4 is 16.6 Å². The molecule has 0 radical (unpaired) electrons. The van der Waals surface area contributed by atoms with Gasteiger partial charge in [-0.25, -0.2) is 5.84 Å². The Hall–Kier alpha value is -3.95. The van der Waals surface area contributed by atoms with Crippen molar-refractivity contribution in [1.29, 1.82) is 0 Å². The average molecular weight is 504 g/mol. The van der Waals surface area contributed by atoms with Crippen LogP contribution >= 0.6 is 0 Å². The number of hydrazine groups is 1. The topological polar surface area (TPSA) is 135 Å².